The minimum absolute atomic E-state index is 0.0474. The normalized spacial score (nSPS) is 15.3. The summed E-state index contributed by atoms with van der Waals surface area (Å²) in [5, 5.41) is 31.2. The van der Waals surface area contributed by atoms with E-state index in [1.54, 1.807) is 6.92 Å². The number of hydrogen-bond acceptors (Lipinski definition) is 4. The number of rotatable bonds is 20. The first-order valence-electron chi connectivity index (χ1n) is 12.0. The summed E-state index contributed by atoms with van der Waals surface area (Å²) in [6, 6.07) is 0. The van der Waals surface area contributed by atoms with Crippen molar-refractivity contribution in [2.75, 3.05) is 0 Å². The first-order chi connectivity index (χ1) is 14.2. The van der Waals surface area contributed by atoms with Crippen LogP contribution in [0.15, 0.2) is 0 Å². The number of carbonyl (C=O) groups is 3. The highest BCUT2D eigenvalue weighted by Crippen LogP contribution is 2.43. The average Bonchev–Trinajstić information content (AvgIpc) is 2.69. The topological polar surface area (TPSA) is 112 Å². The highest BCUT2D eigenvalue weighted by molar-refractivity contribution is 6.08. The number of unbranched alkanes of at least 4 members (excludes halogenated alkanes) is 10. The van der Waals surface area contributed by atoms with Gasteiger partial charge in [-0.2, -0.15) is 0 Å². The first kappa shape index (κ1) is 28.6. The fraction of sp³-hybridized carbons (Fsp3) is 0.875. The maximum atomic E-state index is 13.0. The molecule has 0 amide bonds. The van der Waals surface area contributed by atoms with Crippen LogP contribution in [0.2, 0.25) is 0 Å². The molecule has 0 aliphatic rings. The Labute approximate surface area is 182 Å². The Morgan fingerprint density at radius 3 is 1.43 bits per heavy atom. The number of hydrogen-bond donors (Lipinski definition) is 3. The molecule has 0 fully saturated rings. The molecule has 0 aliphatic heterocycles. The van der Waals surface area contributed by atoms with Gasteiger partial charge in [0.1, 0.15) is 0 Å². The Bertz CT molecular complexity index is 518. The number of carboxylic acid groups (broad SMARTS) is 2. The maximum Gasteiger partial charge on any atom is 0.337 e. The molecule has 0 aliphatic carbocycles. The van der Waals surface area contributed by atoms with Gasteiger partial charge in [0, 0.05) is 6.42 Å². The predicted molar refractivity (Wildman–Crippen MR) is 119 cm³/mol. The zero-order chi connectivity index (χ0) is 23.0. The lowest BCUT2D eigenvalue weighted by Gasteiger charge is -2.40. The molecule has 0 aromatic rings. The second kappa shape index (κ2) is 15.4. The number of aliphatic carboxylic acids is 2. The van der Waals surface area contributed by atoms with Crippen LogP contribution in [0, 0.1) is 5.41 Å². The van der Waals surface area contributed by atoms with Gasteiger partial charge in [0.05, 0.1) is 0 Å². The molecule has 30 heavy (non-hydrogen) atoms. The minimum Gasteiger partial charge on any atom is -0.480 e. The lowest BCUT2D eigenvalue weighted by molar-refractivity contribution is -0.194. The molecule has 0 saturated carbocycles. The molecule has 0 heterocycles. The van der Waals surface area contributed by atoms with Gasteiger partial charge in [0.2, 0.25) is 0 Å². The van der Waals surface area contributed by atoms with Crippen LogP contribution < -0.4 is 0 Å². The van der Waals surface area contributed by atoms with Crippen molar-refractivity contribution in [3.05, 3.63) is 0 Å². The molecule has 0 aromatic carbocycles. The van der Waals surface area contributed by atoms with Crippen LogP contribution >= 0.6 is 0 Å². The van der Waals surface area contributed by atoms with Crippen LogP contribution in [0.1, 0.15) is 124 Å². The summed E-state index contributed by atoms with van der Waals surface area (Å²) in [6.07, 6.45) is 10.5. The van der Waals surface area contributed by atoms with Crippen LogP contribution in [0.4, 0.5) is 0 Å². The molecule has 0 spiro atoms. The van der Waals surface area contributed by atoms with Crippen LogP contribution in [0.3, 0.4) is 0 Å². The van der Waals surface area contributed by atoms with E-state index in [2.05, 4.69) is 13.8 Å². The molecule has 3 N–H and O–H groups in total. The highest BCUT2D eigenvalue weighted by Gasteiger charge is 2.64. The third kappa shape index (κ3) is 8.01. The molecule has 0 rings (SSSR count). The summed E-state index contributed by atoms with van der Waals surface area (Å²) >= 11 is 0. The fourth-order valence-electron chi connectivity index (χ4n) is 4.25. The van der Waals surface area contributed by atoms with E-state index < -0.39 is 28.7 Å². The third-order valence-electron chi connectivity index (χ3n) is 6.18. The van der Waals surface area contributed by atoms with Crippen molar-refractivity contribution < 1.29 is 29.7 Å². The molecule has 176 valence electrons. The Balaban J connectivity index is 5.55. The Morgan fingerprint density at radius 2 is 1.03 bits per heavy atom. The number of carboxylic acids is 2. The van der Waals surface area contributed by atoms with Gasteiger partial charge in [0.25, 0.3) is 0 Å². The largest absolute Gasteiger partial charge is 0.480 e. The molecule has 0 saturated heterocycles. The highest BCUT2D eigenvalue weighted by atomic mass is 16.4. The van der Waals surface area contributed by atoms with Gasteiger partial charge in [-0.15, -0.1) is 0 Å². The van der Waals surface area contributed by atoms with Gasteiger partial charge in [-0.1, -0.05) is 91.4 Å². The molecule has 0 bridgehead atoms. The fourth-order valence-corrected chi connectivity index (χ4v) is 4.25. The van der Waals surface area contributed by atoms with E-state index in [0.29, 0.717) is 25.7 Å². The summed E-state index contributed by atoms with van der Waals surface area (Å²) in [6.45, 7) is 5.96. The van der Waals surface area contributed by atoms with Crippen molar-refractivity contribution in [3.8, 4) is 0 Å². The standard InChI is InChI=1S/C24H44O6/c1-4-7-9-11-13-15-18-23(21(26)27,20(25)17-6-3)24(30,22(28)29)19-16-14-12-10-8-5-2/h30H,4-19H2,1-3H3,(H,26,27)(H,28,29). The van der Waals surface area contributed by atoms with Crippen molar-refractivity contribution in [1.82, 2.24) is 0 Å². The van der Waals surface area contributed by atoms with Crippen LogP contribution in [0.5, 0.6) is 0 Å². The number of carbonyl (C=O) groups excluding carboxylic acids is 1. The molecule has 0 aromatic heterocycles. The first-order valence-corrected chi connectivity index (χ1v) is 12.0. The smallest absolute Gasteiger partial charge is 0.337 e. The van der Waals surface area contributed by atoms with Gasteiger partial charge < -0.3 is 15.3 Å². The number of Topliss-reactive ketones (excluding diaryl/α,β-unsaturated/α-hetero) is 1. The monoisotopic (exact) mass is 428 g/mol. The molecule has 2 atom stereocenters. The predicted octanol–water partition coefficient (Wildman–Crippen LogP) is 5.74. The van der Waals surface area contributed by atoms with Gasteiger partial charge in [-0.05, 0) is 25.7 Å². The zero-order valence-electron chi connectivity index (χ0n) is 19.4. The summed E-state index contributed by atoms with van der Waals surface area (Å²) in [4.78, 5) is 37.5. The van der Waals surface area contributed by atoms with Crippen molar-refractivity contribution in [3.63, 3.8) is 0 Å². The SMILES string of the molecule is CCCCCCCCC(O)(C(=O)O)C(CCCCCCCC)(C(=O)O)C(=O)CCC. The van der Waals surface area contributed by atoms with Gasteiger partial charge in [-0.25, -0.2) is 4.79 Å². The van der Waals surface area contributed by atoms with E-state index in [1.165, 1.54) is 0 Å². The molecule has 2 unspecified atom stereocenters. The number of aliphatic hydroxyl groups is 1. The lowest BCUT2D eigenvalue weighted by Crippen LogP contribution is -2.62. The van der Waals surface area contributed by atoms with Crippen LogP contribution in [-0.4, -0.2) is 38.6 Å². The maximum absolute atomic E-state index is 13.0. The van der Waals surface area contributed by atoms with Crippen LogP contribution in [-0.2, 0) is 14.4 Å². The van der Waals surface area contributed by atoms with Gasteiger partial charge >= 0.3 is 11.9 Å². The van der Waals surface area contributed by atoms with Crippen molar-refractivity contribution in [2.24, 2.45) is 5.41 Å². The summed E-state index contributed by atoms with van der Waals surface area (Å²) in [7, 11) is 0. The van der Waals surface area contributed by atoms with E-state index in [4.69, 9.17) is 0 Å². The molecule has 6 nitrogen and oxygen atoms in total. The van der Waals surface area contributed by atoms with E-state index >= 15 is 0 Å². The van der Waals surface area contributed by atoms with E-state index in [1.807, 2.05) is 0 Å². The van der Waals surface area contributed by atoms with E-state index in [9.17, 15) is 29.7 Å². The lowest BCUT2D eigenvalue weighted by atomic mass is 9.63. The minimum atomic E-state index is -2.58. The second-order valence-electron chi connectivity index (χ2n) is 8.58. The quantitative estimate of drug-likeness (QED) is 0.168. The molecule has 6 heteroatoms. The van der Waals surface area contributed by atoms with E-state index in [-0.39, 0.29) is 19.3 Å². The molecular formula is C24H44O6. The Morgan fingerprint density at radius 1 is 0.600 bits per heavy atom. The Hall–Kier alpha value is -1.43. The zero-order valence-corrected chi connectivity index (χ0v) is 19.4. The third-order valence-corrected chi connectivity index (χ3v) is 6.18. The van der Waals surface area contributed by atoms with Crippen molar-refractivity contribution >= 4 is 17.7 Å². The molecular weight excluding hydrogens is 384 g/mol. The number of ketones is 1. The van der Waals surface area contributed by atoms with Gasteiger partial charge in [0.15, 0.2) is 16.8 Å². The molecule has 0 radical (unpaired) electrons. The van der Waals surface area contributed by atoms with Gasteiger partial charge in [-0.3, -0.25) is 9.59 Å². The summed E-state index contributed by atoms with van der Waals surface area (Å²) in [5.41, 5.74) is -4.87. The van der Waals surface area contributed by atoms with Crippen LogP contribution in [0.25, 0.3) is 0 Å². The van der Waals surface area contributed by atoms with Crippen molar-refractivity contribution in [1.29, 1.82) is 0 Å². The second-order valence-corrected chi connectivity index (χ2v) is 8.58. The average molecular weight is 429 g/mol. The van der Waals surface area contributed by atoms with Crippen molar-refractivity contribution in [2.45, 2.75) is 129 Å². The summed E-state index contributed by atoms with van der Waals surface area (Å²) < 4.78 is 0. The Kier molecular flexibility index (Phi) is 14.7. The summed E-state index contributed by atoms with van der Waals surface area (Å²) in [5.74, 6) is -3.78. The van der Waals surface area contributed by atoms with E-state index in [0.717, 1.165) is 57.8 Å².